The summed E-state index contributed by atoms with van der Waals surface area (Å²) in [7, 11) is 1.52. The minimum absolute atomic E-state index is 0.0652. The molecule has 0 heterocycles. The van der Waals surface area contributed by atoms with E-state index in [1.165, 1.54) is 7.11 Å². The minimum Gasteiger partial charge on any atom is -0.495 e. The standard InChI is InChI=1S/C11H14ClNO2/c1-15-11-7-8(4-5-9(11)12)10(14)3-2-6-13/h4-5,7H,2-3,6,13H2,1H3. The normalized spacial score (nSPS) is 10.1. The number of halogens is 1. The van der Waals surface area contributed by atoms with E-state index in [2.05, 4.69) is 0 Å². The van der Waals surface area contributed by atoms with Gasteiger partial charge in [-0.15, -0.1) is 0 Å². The van der Waals surface area contributed by atoms with Gasteiger partial charge in [-0.2, -0.15) is 0 Å². The van der Waals surface area contributed by atoms with Gasteiger partial charge >= 0.3 is 0 Å². The lowest BCUT2D eigenvalue weighted by atomic mass is 10.1. The van der Waals surface area contributed by atoms with Crippen molar-refractivity contribution in [2.24, 2.45) is 5.73 Å². The van der Waals surface area contributed by atoms with E-state index in [0.29, 0.717) is 35.7 Å². The SMILES string of the molecule is COc1cc(C(=O)CCCN)ccc1Cl. The maximum absolute atomic E-state index is 11.6. The Kier molecular flexibility index (Phi) is 4.59. The molecular formula is C11H14ClNO2. The van der Waals surface area contributed by atoms with Crippen molar-refractivity contribution in [2.45, 2.75) is 12.8 Å². The summed E-state index contributed by atoms with van der Waals surface area (Å²) in [6.07, 6.45) is 1.16. The molecule has 1 aromatic rings. The summed E-state index contributed by atoms with van der Waals surface area (Å²) >= 11 is 5.85. The first-order chi connectivity index (χ1) is 7.19. The second-order valence-electron chi connectivity index (χ2n) is 3.16. The number of hydrogen-bond acceptors (Lipinski definition) is 3. The molecule has 0 saturated heterocycles. The molecule has 0 radical (unpaired) electrons. The predicted molar refractivity (Wildman–Crippen MR) is 60.6 cm³/mol. The van der Waals surface area contributed by atoms with E-state index in [1.54, 1.807) is 18.2 Å². The lowest BCUT2D eigenvalue weighted by Gasteiger charge is -2.05. The quantitative estimate of drug-likeness (QED) is 0.786. The monoisotopic (exact) mass is 227 g/mol. The molecule has 0 bridgehead atoms. The Morgan fingerprint density at radius 3 is 2.87 bits per heavy atom. The summed E-state index contributed by atoms with van der Waals surface area (Å²) in [5.74, 6) is 0.589. The maximum Gasteiger partial charge on any atom is 0.163 e. The second-order valence-corrected chi connectivity index (χ2v) is 3.57. The average Bonchev–Trinajstić information content (AvgIpc) is 2.26. The third kappa shape index (κ3) is 3.22. The molecule has 4 heteroatoms. The molecule has 0 aromatic heterocycles. The van der Waals surface area contributed by atoms with Crippen LogP contribution in [0.5, 0.6) is 5.75 Å². The van der Waals surface area contributed by atoms with Gasteiger partial charge in [0.2, 0.25) is 0 Å². The summed E-state index contributed by atoms with van der Waals surface area (Å²) in [4.78, 5) is 11.6. The molecule has 0 saturated carbocycles. The predicted octanol–water partition coefficient (Wildman–Crippen LogP) is 2.27. The number of carbonyl (C=O) groups excluding carboxylic acids is 1. The van der Waals surface area contributed by atoms with Crippen LogP contribution in [0.15, 0.2) is 18.2 Å². The zero-order chi connectivity index (χ0) is 11.3. The molecule has 1 aromatic carbocycles. The van der Waals surface area contributed by atoms with E-state index in [9.17, 15) is 4.79 Å². The van der Waals surface area contributed by atoms with E-state index in [1.807, 2.05) is 0 Å². The Morgan fingerprint density at radius 1 is 1.53 bits per heavy atom. The molecule has 82 valence electrons. The number of carbonyl (C=O) groups is 1. The molecule has 0 aliphatic rings. The zero-order valence-electron chi connectivity index (χ0n) is 8.63. The summed E-state index contributed by atoms with van der Waals surface area (Å²) in [6.45, 7) is 0.524. The van der Waals surface area contributed by atoms with Crippen molar-refractivity contribution >= 4 is 17.4 Å². The number of ketones is 1. The Labute approximate surface area is 94.2 Å². The topological polar surface area (TPSA) is 52.3 Å². The first-order valence-electron chi connectivity index (χ1n) is 4.76. The fourth-order valence-corrected chi connectivity index (χ4v) is 1.43. The van der Waals surface area contributed by atoms with Gasteiger partial charge in [-0.3, -0.25) is 4.79 Å². The zero-order valence-corrected chi connectivity index (χ0v) is 9.38. The fraction of sp³-hybridized carbons (Fsp3) is 0.364. The van der Waals surface area contributed by atoms with Crippen molar-refractivity contribution in [3.8, 4) is 5.75 Å². The molecule has 1 rings (SSSR count). The van der Waals surface area contributed by atoms with Crippen LogP contribution in [0.1, 0.15) is 23.2 Å². The van der Waals surface area contributed by atoms with E-state index in [4.69, 9.17) is 22.1 Å². The van der Waals surface area contributed by atoms with Crippen LogP contribution in [0.4, 0.5) is 0 Å². The molecule has 15 heavy (non-hydrogen) atoms. The van der Waals surface area contributed by atoms with Crippen LogP contribution in [0.3, 0.4) is 0 Å². The first kappa shape index (κ1) is 12.0. The van der Waals surface area contributed by atoms with Crippen molar-refractivity contribution in [1.82, 2.24) is 0 Å². The highest BCUT2D eigenvalue weighted by atomic mass is 35.5. The van der Waals surface area contributed by atoms with Gasteiger partial charge in [0.25, 0.3) is 0 Å². The van der Waals surface area contributed by atoms with Crippen LogP contribution in [0.2, 0.25) is 5.02 Å². The summed E-state index contributed by atoms with van der Waals surface area (Å²) < 4.78 is 5.03. The number of nitrogens with two attached hydrogens (primary N) is 1. The molecule has 0 spiro atoms. The van der Waals surface area contributed by atoms with Crippen LogP contribution in [0.25, 0.3) is 0 Å². The fourth-order valence-electron chi connectivity index (χ4n) is 1.24. The van der Waals surface area contributed by atoms with Gasteiger partial charge in [0.15, 0.2) is 5.78 Å². The van der Waals surface area contributed by atoms with E-state index in [0.717, 1.165) is 0 Å². The smallest absolute Gasteiger partial charge is 0.163 e. The maximum atomic E-state index is 11.6. The number of rotatable bonds is 5. The van der Waals surface area contributed by atoms with Crippen LogP contribution >= 0.6 is 11.6 Å². The lowest BCUT2D eigenvalue weighted by Crippen LogP contribution is -2.05. The Hall–Kier alpha value is -1.06. The van der Waals surface area contributed by atoms with E-state index < -0.39 is 0 Å². The van der Waals surface area contributed by atoms with E-state index >= 15 is 0 Å². The minimum atomic E-state index is 0.0652. The van der Waals surface area contributed by atoms with E-state index in [-0.39, 0.29) is 5.78 Å². The third-order valence-electron chi connectivity index (χ3n) is 2.08. The summed E-state index contributed by atoms with van der Waals surface area (Å²) in [6, 6.07) is 5.01. The van der Waals surface area contributed by atoms with Crippen LogP contribution in [-0.4, -0.2) is 19.4 Å². The molecule has 0 atom stereocenters. The first-order valence-corrected chi connectivity index (χ1v) is 5.13. The number of methoxy groups -OCH3 is 1. The van der Waals surface area contributed by atoms with Crippen molar-refractivity contribution in [2.75, 3.05) is 13.7 Å². The van der Waals surface area contributed by atoms with Crippen LogP contribution in [0, 0.1) is 0 Å². The van der Waals surface area contributed by atoms with Gasteiger partial charge in [0, 0.05) is 12.0 Å². The van der Waals surface area contributed by atoms with Crippen molar-refractivity contribution in [3.05, 3.63) is 28.8 Å². The molecule has 0 amide bonds. The van der Waals surface area contributed by atoms with Gasteiger partial charge in [-0.1, -0.05) is 11.6 Å². The van der Waals surface area contributed by atoms with Gasteiger partial charge < -0.3 is 10.5 Å². The highest BCUT2D eigenvalue weighted by Gasteiger charge is 2.08. The highest BCUT2D eigenvalue weighted by molar-refractivity contribution is 6.32. The molecule has 0 fully saturated rings. The van der Waals surface area contributed by atoms with Crippen LogP contribution in [-0.2, 0) is 0 Å². The Bertz CT molecular complexity index is 352. The number of Topliss-reactive ketones (excluding diaryl/α,β-unsaturated/α-hetero) is 1. The second kappa shape index (κ2) is 5.73. The Morgan fingerprint density at radius 2 is 2.27 bits per heavy atom. The molecule has 0 aliphatic carbocycles. The van der Waals surface area contributed by atoms with Gasteiger partial charge in [-0.25, -0.2) is 0 Å². The largest absolute Gasteiger partial charge is 0.495 e. The van der Waals surface area contributed by atoms with Crippen molar-refractivity contribution < 1.29 is 9.53 Å². The van der Waals surface area contributed by atoms with Crippen LogP contribution < -0.4 is 10.5 Å². The molecule has 0 unspecified atom stereocenters. The summed E-state index contributed by atoms with van der Waals surface area (Å²) in [5, 5.41) is 0.507. The summed E-state index contributed by atoms with van der Waals surface area (Å²) in [5.41, 5.74) is 5.95. The molecular weight excluding hydrogens is 214 g/mol. The van der Waals surface area contributed by atoms with Gasteiger partial charge in [-0.05, 0) is 31.2 Å². The average molecular weight is 228 g/mol. The number of ether oxygens (including phenoxy) is 1. The van der Waals surface area contributed by atoms with Gasteiger partial charge in [0.1, 0.15) is 5.75 Å². The molecule has 3 nitrogen and oxygen atoms in total. The van der Waals surface area contributed by atoms with Crippen molar-refractivity contribution in [1.29, 1.82) is 0 Å². The number of hydrogen-bond donors (Lipinski definition) is 1. The third-order valence-corrected chi connectivity index (χ3v) is 2.39. The number of benzene rings is 1. The molecule has 2 N–H and O–H groups in total. The van der Waals surface area contributed by atoms with Gasteiger partial charge in [0.05, 0.1) is 12.1 Å². The molecule has 0 aliphatic heterocycles. The lowest BCUT2D eigenvalue weighted by molar-refractivity contribution is 0.0980. The Balaban J connectivity index is 2.81. The van der Waals surface area contributed by atoms with Crippen molar-refractivity contribution in [3.63, 3.8) is 0 Å². The highest BCUT2D eigenvalue weighted by Crippen LogP contribution is 2.25.